The van der Waals surface area contributed by atoms with Crippen molar-refractivity contribution in [2.45, 2.75) is 83.3 Å². The maximum Gasteiger partial charge on any atom is 0.225 e. The number of rotatable bonds is 7. The molecule has 0 radical (unpaired) electrons. The quantitative estimate of drug-likeness (QED) is 0.754. The SMILES string of the molecule is CCCC(O)(CCC)CC(=O)N1CCCCC1C1CNC(=O)C1. The van der Waals surface area contributed by atoms with E-state index in [1.54, 1.807) is 0 Å². The molecule has 0 spiro atoms. The van der Waals surface area contributed by atoms with E-state index in [-0.39, 0.29) is 30.2 Å². The fourth-order valence-electron chi connectivity index (χ4n) is 4.27. The van der Waals surface area contributed by atoms with Gasteiger partial charge in [0.05, 0.1) is 12.0 Å². The van der Waals surface area contributed by atoms with Crippen LogP contribution in [0.1, 0.15) is 71.6 Å². The first-order valence-electron chi connectivity index (χ1n) is 9.27. The highest BCUT2D eigenvalue weighted by Crippen LogP contribution is 2.31. The second-order valence-electron chi connectivity index (χ2n) is 7.32. The monoisotopic (exact) mass is 324 g/mol. The number of aliphatic hydroxyl groups is 1. The lowest BCUT2D eigenvalue weighted by molar-refractivity contribution is -0.142. The van der Waals surface area contributed by atoms with Crippen molar-refractivity contribution in [1.29, 1.82) is 0 Å². The molecule has 5 heteroatoms. The number of piperidine rings is 1. The molecule has 2 rings (SSSR count). The average molecular weight is 324 g/mol. The minimum atomic E-state index is -0.869. The minimum Gasteiger partial charge on any atom is -0.389 e. The Morgan fingerprint density at radius 2 is 2.00 bits per heavy atom. The zero-order valence-corrected chi connectivity index (χ0v) is 14.6. The molecule has 0 aliphatic carbocycles. The molecule has 2 fully saturated rings. The van der Waals surface area contributed by atoms with Gasteiger partial charge in [0.25, 0.3) is 0 Å². The molecule has 0 aromatic rings. The predicted molar refractivity (Wildman–Crippen MR) is 89.9 cm³/mol. The zero-order valence-electron chi connectivity index (χ0n) is 14.6. The lowest BCUT2D eigenvalue weighted by Gasteiger charge is -2.40. The summed E-state index contributed by atoms with van der Waals surface area (Å²) in [5.41, 5.74) is -0.869. The third kappa shape index (κ3) is 4.69. The molecule has 2 saturated heterocycles. The Labute approximate surface area is 139 Å². The van der Waals surface area contributed by atoms with Gasteiger partial charge in [-0.3, -0.25) is 9.59 Å². The summed E-state index contributed by atoms with van der Waals surface area (Å²) in [5, 5.41) is 13.7. The van der Waals surface area contributed by atoms with Crippen LogP contribution in [0, 0.1) is 5.92 Å². The van der Waals surface area contributed by atoms with Gasteiger partial charge in [-0.2, -0.15) is 0 Å². The summed E-state index contributed by atoms with van der Waals surface area (Å²) in [7, 11) is 0. The minimum absolute atomic E-state index is 0.0680. The molecule has 2 amide bonds. The van der Waals surface area contributed by atoms with Gasteiger partial charge in [-0.05, 0) is 32.1 Å². The maximum atomic E-state index is 12.9. The highest BCUT2D eigenvalue weighted by Gasteiger charge is 2.39. The van der Waals surface area contributed by atoms with Gasteiger partial charge in [0.15, 0.2) is 0 Å². The van der Waals surface area contributed by atoms with Crippen LogP contribution in [0.3, 0.4) is 0 Å². The molecule has 23 heavy (non-hydrogen) atoms. The summed E-state index contributed by atoms with van der Waals surface area (Å²) in [6.45, 7) is 5.54. The van der Waals surface area contributed by atoms with Gasteiger partial charge in [0.2, 0.25) is 11.8 Å². The van der Waals surface area contributed by atoms with E-state index in [9.17, 15) is 14.7 Å². The summed E-state index contributed by atoms with van der Waals surface area (Å²) < 4.78 is 0. The lowest BCUT2D eigenvalue weighted by atomic mass is 9.86. The van der Waals surface area contributed by atoms with E-state index in [1.807, 2.05) is 18.7 Å². The smallest absolute Gasteiger partial charge is 0.225 e. The van der Waals surface area contributed by atoms with Crippen molar-refractivity contribution < 1.29 is 14.7 Å². The van der Waals surface area contributed by atoms with Gasteiger partial charge >= 0.3 is 0 Å². The number of hydrogen-bond acceptors (Lipinski definition) is 3. The van der Waals surface area contributed by atoms with Crippen LogP contribution in [-0.4, -0.2) is 46.6 Å². The molecular weight excluding hydrogens is 292 g/mol. The van der Waals surface area contributed by atoms with Crippen molar-refractivity contribution in [3.05, 3.63) is 0 Å². The van der Waals surface area contributed by atoms with Crippen molar-refractivity contribution >= 4 is 11.8 Å². The van der Waals surface area contributed by atoms with Crippen LogP contribution >= 0.6 is 0 Å². The molecule has 0 bridgehead atoms. The summed E-state index contributed by atoms with van der Waals surface area (Å²) in [4.78, 5) is 26.4. The van der Waals surface area contributed by atoms with Gasteiger partial charge in [-0.25, -0.2) is 0 Å². The Kier molecular flexibility index (Phi) is 6.45. The Morgan fingerprint density at radius 3 is 2.57 bits per heavy atom. The molecule has 0 saturated carbocycles. The van der Waals surface area contributed by atoms with Gasteiger partial charge in [-0.1, -0.05) is 26.7 Å². The number of hydrogen-bond donors (Lipinski definition) is 2. The standard InChI is InChI=1S/C18H32N2O3/c1-3-8-18(23,9-4-2)12-17(22)20-10-6-5-7-15(20)14-11-16(21)19-13-14/h14-15,23H,3-13H2,1-2H3,(H,19,21). The predicted octanol–water partition coefficient (Wildman–Crippen LogP) is 2.23. The molecular formula is C18H32N2O3. The summed E-state index contributed by atoms with van der Waals surface area (Å²) >= 11 is 0. The first-order chi connectivity index (χ1) is 11.0. The van der Waals surface area contributed by atoms with E-state index < -0.39 is 5.60 Å². The molecule has 2 unspecified atom stereocenters. The fourth-order valence-corrected chi connectivity index (χ4v) is 4.27. The normalized spacial score (nSPS) is 25.5. The Hall–Kier alpha value is -1.10. The van der Waals surface area contributed by atoms with E-state index in [2.05, 4.69) is 5.32 Å². The van der Waals surface area contributed by atoms with E-state index in [0.29, 0.717) is 25.8 Å². The van der Waals surface area contributed by atoms with Crippen LogP contribution in [0.4, 0.5) is 0 Å². The first-order valence-corrected chi connectivity index (χ1v) is 9.27. The zero-order chi connectivity index (χ0) is 16.9. The first kappa shape index (κ1) is 18.2. The number of amides is 2. The third-order valence-electron chi connectivity index (χ3n) is 5.33. The molecule has 5 nitrogen and oxygen atoms in total. The average Bonchev–Trinajstić information content (AvgIpc) is 2.94. The molecule has 0 aromatic carbocycles. The van der Waals surface area contributed by atoms with Crippen molar-refractivity contribution in [3.63, 3.8) is 0 Å². The van der Waals surface area contributed by atoms with Crippen LogP contribution in [-0.2, 0) is 9.59 Å². The topological polar surface area (TPSA) is 69.6 Å². The van der Waals surface area contributed by atoms with Gasteiger partial charge in [0.1, 0.15) is 0 Å². The number of nitrogens with one attached hydrogen (secondary N) is 1. The molecule has 2 heterocycles. The van der Waals surface area contributed by atoms with Crippen LogP contribution in [0.2, 0.25) is 0 Å². The molecule has 2 aliphatic heterocycles. The van der Waals surface area contributed by atoms with Gasteiger partial charge < -0.3 is 15.3 Å². The highest BCUT2D eigenvalue weighted by molar-refractivity contribution is 5.80. The summed E-state index contributed by atoms with van der Waals surface area (Å²) in [6, 6.07) is 0.155. The lowest BCUT2D eigenvalue weighted by Crippen LogP contribution is -2.50. The number of carbonyl (C=O) groups excluding carboxylic acids is 2. The Bertz CT molecular complexity index is 418. The van der Waals surface area contributed by atoms with E-state index in [0.717, 1.165) is 38.6 Å². The second kappa shape index (κ2) is 8.13. The highest BCUT2D eigenvalue weighted by atomic mass is 16.3. The van der Waals surface area contributed by atoms with E-state index >= 15 is 0 Å². The number of nitrogens with zero attached hydrogens (tertiary/aromatic N) is 1. The molecule has 2 atom stereocenters. The van der Waals surface area contributed by atoms with Crippen molar-refractivity contribution in [3.8, 4) is 0 Å². The van der Waals surface area contributed by atoms with E-state index in [4.69, 9.17) is 0 Å². The van der Waals surface area contributed by atoms with Crippen molar-refractivity contribution in [2.24, 2.45) is 5.92 Å². The van der Waals surface area contributed by atoms with Crippen molar-refractivity contribution in [2.75, 3.05) is 13.1 Å². The molecule has 0 aromatic heterocycles. The van der Waals surface area contributed by atoms with Crippen LogP contribution in [0.15, 0.2) is 0 Å². The Balaban J connectivity index is 2.03. The Morgan fingerprint density at radius 1 is 1.30 bits per heavy atom. The third-order valence-corrected chi connectivity index (χ3v) is 5.33. The summed E-state index contributed by atoms with van der Waals surface area (Å²) in [5.74, 6) is 0.400. The fraction of sp³-hybridized carbons (Fsp3) is 0.889. The number of likely N-dealkylation sites (tertiary alicyclic amines) is 1. The van der Waals surface area contributed by atoms with E-state index in [1.165, 1.54) is 0 Å². The van der Waals surface area contributed by atoms with Crippen LogP contribution in [0.25, 0.3) is 0 Å². The number of carbonyl (C=O) groups is 2. The maximum absolute atomic E-state index is 12.9. The molecule has 2 aliphatic rings. The van der Waals surface area contributed by atoms with Crippen LogP contribution < -0.4 is 5.32 Å². The largest absolute Gasteiger partial charge is 0.389 e. The van der Waals surface area contributed by atoms with Gasteiger partial charge in [-0.15, -0.1) is 0 Å². The molecule has 132 valence electrons. The van der Waals surface area contributed by atoms with Gasteiger partial charge in [0, 0.05) is 31.5 Å². The van der Waals surface area contributed by atoms with Crippen molar-refractivity contribution in [1.82, 2.24) is 10.2 Å². The second-order valence-corrected chi connectivity index (χ2v) is 7.32. The molecule has 2 N–H and O–H groups in total. The summed E-state index contributed by atoms with van der Waals surface area (Å²) in [6.07, 6.45) is 6.99. The van der Waals surface area contributed by atoms with Crippen LogP contribution in [0.5, 0.6) is 0 Å².